The van der Waals surface area contributed by atoms with Gasteiger partial charge in [-0.25, -0.2) is 0 Å². The molecule has 0 aliphatic heterocycles. The smallest absolute Gasteiger partial charge is 0.136 e. The molecule has 3 nitrogen and oxygen atoms in total. The number of benzene rings is 11. The Balaban J connectivity index is 0.916. The molecule has 0 saturated heterocycles. The van der Waals surface area contributed by atoms with E-state index in [1.54, 1.807) is 0 Å². The monoisotopic (exact) mass is 828 g/mol. The lowest BCUT2D eigenvalue weighted by molar-refractivity contribution is 0.669. The van der Waals surface area contributed by atoms with Crippen molar-refractivity contribution in [1.29, 1.82) is 0 Å². The lowest BCUT2D eigenvalue weighted by atomic mass is 9.95. The van der Waals surface area contributed by atoms with E-state index in [2.05, 4.69) is 246 Å². The molecule has 0 atom stereocenters. The molecule has 0 radical (unpaired) electrons. The molecule has 0 bridgehead atoms. The fraction of sp³-hybridized carbons (Fsp3) is 0. The molecule has 0 amide bonds. The molecule has 0 aliphatic rings. The van der Waals surface area contributed by atoms with Crippen molar-refractivity contribution in [1.82, 2.24) is 4.57 Å². The average molecular weight is 829 g/mol. The Bertz CT molecular complexity index is 3900. The van der Waals surface area contributed by atoms with Gasteiger partial charge in [-0.3, -0.25) is 0 Å². The molecule has 0 spiro atoms. The fourth-order valence-electron chi connectivity index (χ4n) is 10.2. The highest BCUT2D eigenvalue weighted by Gasteiger charge is 2.23. The van der Waals surface area contributed by atoms with Gasteiger partial charge in [-0.15, -0.1) is 0 Å². The fourth-order valence-corrected chi connectivity index (χ4v) is 10.2. The maximum Gasteiger partial charge on any atom is 0.136 e. The molecule has 3 heteroatoms. The largest absolute Gasteiger partial charge is 0.456 e. The zero-order valence-corrected chi connectivity index (χ0v) is 35.4. The first kappa shape index (κ1) is 36.9. The molecular weight excluding hydrogens is 789 g/mol. The summed E-state index contributed by atoms with van der Waals surface area (Å²) in [4.78, 5) is 2.45. The van der Waals surface area contributed by atoms with Gasteiger partial charge in [-0.1, -0.05) is 182 Å². The predicted octanol–water partition coefficient (Wildman–Crippen LogP) is 17.5. The molecule has 11 aromatic carbocycles. The van der Waals surface area contributed by atoms with Gasteiger partial charge in [-0.2, -0.15) is 0 Å². The summed E-state index contributed by atoms with van der Waals surface area (Å²) in [6.07, 6.45) is 0. The topological polar surface area (TPSA) is 21.3 Å². The minimum atomic E-state index is 0.882. The summed E-state index contributed by atoms with van der Waals surface area (Å²) in [5.74, 6) is 0. The third-order valence-electron chi connectivity index (χ3n) is 13.2. The first-order valence-electron chi connectivity index (χ1n) is 22.2. The van der Waals surface area contributed by atoms with Gasteiger partial charge in [0.2, 0.25) is 0 Å². The maximum absolute atomic E-state index is 6.41. The van der Waals surface area contributed by atoms with E-state index in [-0.39, 0.29) is 0 Å². The summed E-state index contributed by atoms with van der Waals surface area (Å²) >= 11 is 0. The number of hydrogen-bond acceptors (Lipinski definition) is 2. The number of rotatable bonds is 7. The predicted molar refractivity (Wildman–Crippen MR) is 274 cm³/mol. The van der Waals surface area contributed by atoms with Crippen LogP contribution < -0.4 is 4.90 Å². The summed E-state index contributed by atoms with van der Waals surface area (Å²) < 4.78 is 8.79. The van der Waals surface area contributed by atoms with Crippen LogP contribution in [-0.2, 0) is 0 Å². The second-order valence-electron chi connectivity index (χ2n) is 16.8. The molecule has 0 aliphatic carbocycles. The molecule has 65 heavy (non-hydrogen) atoms. The van der Waals surface area contributed by atoms with E-state index in [9.17, 15) is 0 Å². The van der Waals surface area contributed by atoms with Crippen LogP contribution in [-0.4, -0.2) is 4.57 Å². The van der Waals surface area contributed by atoms with Crippen molar-refractivity contribution in [2.45, 2.75) is 0 Å². The lowest BCUT2D eigenvalue weighted by Gasteiger charge is -2.30. The van der Waals surface area contributed by atoms with Gasteiger partial charge in [0.05, 0.1) is 22.4 Å². The molecule has 13 rings (SSSR count). The van der Waals surface area contributed by atoms with Crippen molar-refractivity contribution in [3.05, 3.63) is 243 Å². The normalized spacial score (nSPS) is 11.7. The molecule has 0 unspecified atom stereocenters. The van der Waals surface area contributed by atoms with Gasteiger partial charge >= 0.3 is 0 Å². The van der Waals surface area contributed by atoms with Gasteiger partial charge in [0.15, 0.2) is 0 Å². The number of para-hydroxylation sites is 4. The number of nitrogens with zero attached hydrogens (tertiary/aromatic N) is 2. The standard InChI is InChI=1S/C62H40N2O/c1-2-18-48-45(15-1)40-59(50-20-4-3-19-49(48)50)63(58-28-11-7-23-53(58)54-25-14-30-61-62(54)55-24-8-12-29-60(55)65-61)46-37-35-42(36-38-46)41-31-33-43(34-32-41)44-16-13-17-47(39-44)64-56-26-9-5-21-51(56)52-22-6-10-27-57(52)64/h1-40H. The van der Waals surface area contributed by atoms with Crippen molar-refractivity contribution >= 4 is 82.4 Å². The van der Waals surface area contributed by atoms with Crippen LogP contribution >= 0.6 is 0 Å². The van der Waals surface area contributed by atoms with E-state index in [1.807, 2.05) is 6.07 Å². The molecule has 13 aromatic rings. The molecule has 0 fully saturated rings. The van der Waals surface area contributed by atoms with Gasteiger partial charge in [0.25, 0.3) is 0 Å². The highest BCUT2D eigenvalue weighted by Crippen LogP contribution is 2.48. The zero-order valence-electron chi connectivity index (χ0n) is 35.4. The number of furan rings is 1. The lowest BCUT2D eigenvalue weighted by Crippen LogP contribution is -2.12. The summed E-state index contributed by atoms with van der Waals surface area (Å²) in [6, 6.07) is 87.7. The van der Waals surface area contributed by atoms with Crippen molar-refractivity contribution in [2.75, 3.05) is 4.90 Å². The van der Waals surface area contributed by atoms with E-state index in [0.717, 1.165) is 61.4 Å². The van der Waals surface area contributed by atoms with Crippen molar-refractivity contribution in [3.8, 4) is 39.1 Å². The Morgan fingerprint density at radius 3 is 1.62 bits per heavy atom. The van der Waals surface area contributed by atoms with Gasteiger partial charge < -0.3 is 13.9 Å². The third-order valence-corrected chi connectivity index (χ3v) is 13.2. The van der Waals surface area contributed by atoms with Crippen molar-refractivity contribution in [2.24, 2.45) is 0 Å². The second-order valence-corrected chi connectivity index (χ2v) is 16.8. The van der Waals surface area contributed by atoms with E-state index in [1.165, 1.54) is 60.0 Å². The Morgan fingerprint density at radius 2 is 0.862 bits per heavy atom. The Morgan fingerprint density at radius 1 is 0.323 bits per heavy atom. The molecule has 304 valence electrons. The highest BCUT2D eigenvalue weighted by atomic mass is 16.3. The molecular formula is C62H40N2O. The average Bonchev–Trinajstić information content (AvgIpc) is 3.93. The van der Waals surface area contributed by atoms with E-state index >= 15 is 0 Å². The quantitative estimate of drug-likeness (QED) is 0.149. The number of aromatic nitrogens is 1. The molecule has 2 heterocycles. The van der Waals surface area contributed by atoms with E-state index in [0.29, 0.717) is 0 Å². The van der Waals surface area contributed by atoms with Crippen LogP contribution in [0.2, 0.25) is 0 Å². The molecule has 0 saturated carbocycles. The van der Waals surface area contributed by atoms with Gasteiger partial charge in [-0.05, 0) is 105 Å². The zero-order chi connectivity index (χ0) is 42.8. The van der Waals surface area contributed by atoms with Gasteiger partial charge in [0.1, 0.15) is 11.2 Å². The Hall–Kier alpha value is -8.66. The van der Waals surface area contributed by atoms with E-state index in [4.69, 9.17) is 4.42 Å². The van der Waals surface area contributed by atoms with Crippen LogP contribution in [0.1, 0.15) is 0 Å². The highest BCUT2D eigenvalue weighted by molar-refractivity contribution is 6.17. The molecule has 2 aromatic heterocycles. The number of hydrogen-bond donors (Lipinski definition) is 0. The second kappa shape index (κ2) is 15.0. The van der Waals surface area contributed by atoms with Crippen LogP contribution in [0.4, 0.5) is 17.1 Å². The Labute approximate surface area is 376 Å². The first-order chi connectivity index (χ1) is 32.2. The first-order valence-corrected chi connectivity index (χ1v) is 22.2. The molecule has 0 N–H and O–H groups in total. The van der Waals surface area contributed by atoms with Crippen molar-refractivity contribution in [3.63, 3.8) is 0 Å². The van der Waals surface area contributed by atoms with Crippen LogP contribution in [0.3, 0.4) is 0 Å². The van der Waals surface area contributed by atoms with Gasteiger partial charge in [0, 0.05) is 43.9 Å². The maximum atomic E-state index is 6.41. The van der Waals surface area contributed by atoms with E-state index < -0.39 is 0 Å². The number of fused-ring (bicyclic) bond motifs is 9. The number of anilines is 3. The Kier molecular flexibility index (Phi) is 8.53. The SMILES string of the molecule is c1cc(-c2ccc(-c3ccc(N(c4ccccc4-c4cccc5oc6ccccc6c45)c4cc5ccccc5c5ccccc45)cc3)cc2)cc(-n2c3ccccc3c3ccccc32)c1. The van der Waals surface area contributed by atoms with Crippen LogP contribution in [0, 0.1) is 0 Å². The third kappa shape index (κ3) is 6.05. The summed E-state index contributed by atoms with van der Waals surface area (Å²) in [5, 5.41) is 9.62. The van der Waals surface area contributed by atoms with Crippen molar-refractivity contribution < 1.29 is 4.42 Å². The van der Waals surface area contributed by atoms with Crippen LogP contribution in [0.25, 0.3) is 104 Å². The summed E-state index contributed by atoms with van der Waals surface area (Å²) in [5.41, 5.74) is 15.6. The van der Waals surface area contributed by atoms with Crippen LogP contribution in [0.15, 0.2) is 247 Å². The van der Waals surface area contributed by atoms with Crippen LogP contribution in [0.5, 0.6) is 0 Å². The minimum absolute atomic E-state index is 0.882. The minimum Gasteiger partial charge on any atom is -0.456 e. The summed E-state index contributed by atoms with van der Waals surface area (Å²) in [7, 11) is 0. The summed E-state index contributed by atoms with van der Waals surface area (Å²) in [6.45, 7) is 0.